The van der Waals surface area contributed by atoms with Gasteiger partial charge < -0.3 is 71.8 Å². The van der Waals surface area contributed by atoms with E-state index in [0.717, 1.165) is 41.3 Å². The normalized spacial score (nSPS) is 18.2. The number of benzene rings is 7. The molecule has 6 amide bonds. The number of phenols is 5. The largest absolute Gasteiger partial charge is 0.508 e. The van der Waals surface area contributed by atoms with Crippen molar-refractivity contribution in [2.75, 3.05) is 7.05 Å². The monoisotopic (exact) mass is 1330 g/mol. The van der Waals surface area contributed by atoms with Crippen molar-refractivity contribution in [1.82, 2.24) is 36.5 Å². The lowest BCUT2D eigenvalue weighted by Gasteiger charge is -2.33. The number of rotatable bonds is 9. The van der Waals surface area contributed by atoms with E-state index in [1.54, 1.807) is 18.2 Å². The third-order valence-electron chi connectivity index (χ3n) is 14.9. The molecule has 0 fully saturated rings. The zero-order chi connectivity index (χ0) is 64.0. The molecule has 89 heavy (non-hydrogen) atoms. The maximum atomic E-state index is 15.8. The predicted molar refractivity (Wildman–Crippen MR) is 326 cm³/mol. The van der Waals surface area contributed by atoms with Gasteiger partial charge in [-0.1, -0.05) is 106 Å². The van der Waals surface area contributed by atoms with Crippen molar-refractivity contribution in [3.63, 3.8) is 0 Å². The Labute approximate surface area is 532 Å². The Bertz CT molecular complexity index is 4210. The van der Waals surface area contributed by atoms with Crippen LogP contribution in [0.1, 0.15) is 67.9 Å². The number of halogens is 6. The maximum Gasteiger partial charge on any atom is 0.330 e. The van der Waals surface area contributed by atoms with Crippen LogP contribution in [-0.4, -0.2) is 107 Å². The summed E-state index contributed by atoms with van der Waals surface area (Å²) in [6, 6.07) is 13.3. The molecule has 1 aromatic heterocycles. The summed E-state index contributed by atoms with van der Waals surface area (Å²) in [6.07, 6.45) is 0.782. The van der Waals surface area contributed by atoms with E-state index in [9.17, 15) is 49.8 Å². The molecule has 12 rings (SSSR count). The Kier molecular flexibility index (Phi) is 17.8. The number of carboxylic acid groups (broad SMARTS) is 1. The summed E-state index contributed by atoms with van der Waals surface area (Å²) < 4.78 is 6.37. The van der Waals surface area contributed by atoms with E-state index in [1.165, 1.54) is 73.9 Å². The van der Waals surface area contributed by atoms with Gasteiger partial charge in [0.25, 0.3) is 5.91 Å². The molecule has 5 heterocycles. The van der Waals surface area contributed by atoms with Crippen LogP contribution in [0.2, 0.25) is 30.1 Å². The van der Waals surface area contributed by atoms with E-state index in [1.807, 2.05) is 0 Å². The Hall–Kier alpha value is -9.42. The molecular formula is C61H45Cl6N7O15. The van der Waals surface area contributed by atoms with Crippen molar-refractivity contribution in [2.24, 2.45) is 0 Å². The van der Waals surface area contributed by atoms with Crippen LogP contribution in [0.15, 0.2) is 121 Å². The number of hydrogen-bond donors (Lipinski definition) is 12. The van der Waals surface area contributed by atoms with Gasteiger partial charge in [-0.3, -0.25) is 33.6 Å². The average molecular weight is 1330 g/mol. The highest BCUT2D eigenvalue weighted by molar-refractivity contribution is 6.45. The van der Waals surface area contributed by atoms with Crippen molar-refractivity contribution in [1.29, 1.82) is 0 Å². The number of phenolic OH excluding ortho intramolecular Hbond substituents is 5. The molecule has 0 unspecified atom stereocenters. The third kappa shape index (κ3) is 13.0. The van der Waals surface area contributed by atoms with Crippen LogP contribution in [-0.2, 0) is 46.4 Å². The number of nitrogens with one attached hydrogen (secondary N) is 6. The van der Waals surface area contributed by atoms with Crippen LogP contribution < -0.4 is 31.3 Å². The average Bonchev–Trinajstić information content (AvgIpc) is 1.98. The lowest BCUT2D eigenvalue weighted by atomic mass is 9.94. The Morgan fingerprint density at radius 3 is 1.71 bits per heavy atom. The molecule has 7 aromatic carbocycles. The topological polar surface area (TPSA) is 346 Å². The number of ether oxygens (including phenoxy) is 1. The van der Waals surface area contributed by atoms with Crippen molar-refractivity contribution in [3.05, 3.63) is 191 Å². The Morgan fingerprint density at radius 2 is 1.13 bits per heavy atom. The Morgan fingerprint density at radius 1 is 0.607 bits per heavy atom. The molecule has 0 spiro atoms. The van der Waals surface area contributed by atoms with Crippen LogP contribution in [0.4, 0.5) is 0 Å². The number of fused-ring (bicyclic) bond motifs is 15. The van der Waals surface area contributed by atoms with Gasteiger partial charge in [0.15, 0.2) is 34.8 Å². The van der Waals surface area contributed by atoms with Gasteiger partial charge in [-0.05, 0) is 118 Å². The van der Waals surface area contributed by atoms with Crippen molar-refractivity contribution in [3.8, 4) is 51.4 Å². The number of H-pyrrole nitrogens is 1. The first-order valence-corrected chi connectivity index (χ1v) is 28.6. The van der Waals surface area contributed by atoms with E-state index in [4.69, 9.17) is 74.3 Å². The van der Waals surface area contributed by atoms with E-state index >= 15 is 19.2 Å². The first-order chi connectivity index (χ1) is 42.2. The number of hydrogen-bond acceptors (Lipinski definition) is 14. The van der Waals surface area contributed by atoms with Crippen LogP contribution in [0, 0.1) is 0 Å². The number of amides is 6. The minimum absolute atomic E-state index is 0.00208. The van der Waals surface area contributed by atoms with Gasteiger partial charge in [0.1, 0.15) is 41.7 Å². The quantitative estimate of drug-likeness (QED) is 0.0473. The second-order valence-electron chi connectivity index (χ2n) is 20.6. The Balaban J connectivity index is 1.15. The van der Waals surface area contributed by atoms with E-state index in [0.29, 0.717) is 22.0 Å². The van der Waals surface area contributed by atoms with Crippen LogP contribution >= 0.6 is 69.6 Å². The van der Waals surface area contributed by atoms with Crippen LogP contribution in [0.25, 0.3) is 22.0 Å². The molecular weight excluding hydrogens is 1280 g/mol. The van der Waals surface area contributed by atoms with Crippen molar-refractivity contribution >= 4 is 128 Å². The van der Waals surface area contributed by atoms with Gasteiger partial charge in [-0.25, -0.2) is 4.79 Å². The number of aromatic nitrogens is 1. The van der Waals surface area contributed by atoms with Gasteiger partial charge >= 0.3 is 5.97 Å². The second kappa shape index (κ2) is 25.4. The van der Waals surface area contributed by atoms with E-state index in [-0.39, 0.29) is 72.7 Å². The highest BCUT2D eigenvalue weighted by atomic mass is 35.5. The molecule has 6 atom stereocenters. The number of likely N-dealkylation sites (N-methyl/N-ethyl adjacent to an activating group) is 1. The van der Waals surface area contributed by atoms with Crippen molar-refractivity contribution < 1.29 is 73.7 Å². The number of carboxylic acids is 1. The SMILES string of the molecule is CN1C(=O)[C@@H](c2cc(Cl)c(O)c(Cl)c2)NC(=O)[C@@H]2NC(=O)[C@@H](c3cc(Cl)c(O)c(Cl)c3)NC(=O)[C@H](NC(=O)C(=O)c3cc(Cl)c(O)c(Cl)c3)Cc3c[nH]c4cc(ccc34)-c3cc2cc(c3O)Oc2ccc(cc2)C[C@H]1C(=O)N[C@H](C(=O)O)c1ccc(O)cc1. The fourth-order valence-corrected chi connectivity index (χ4v) is 11.7. The minimum Gasteiger partial charge on any atom is -0.508 e. The fourth-order valence-electron chi connectivity index (χ4n) is 10.2. The molecule has 12 N–H and O–H groups in total. The highest BCUT2D eigenvalue weighted by Crippen LogP contribution is 2.44. The molecule has 0 radical (unpaired) electrons. The number of Topliss-reactive ketones (excluding diaryl/α,β-unsaturated/α-hetero) is 1. The number of aromatic hydroxyl groups is 5. The molecule has 0 saturated carbocycles. The van der Waals surface area contributed by atoms with Gasteiger partial charge in [0, 0.05) is 48.1 Å². The lowest BCUT2D eigenvalue weighted by molar-refractivity contribution is -0.145. The molecule has 9 bridgehead atoms. The van der Waals surface area contributed by atoms with Crippen LogP contribution in [0.3, 0.4) is 0 Å². The molecule has 8 aromatic rings. The summed E-state index contributed by atoms with van der Waals surface area (Å²) in [5.41, 5.74) is 0.449. The maximum absolute atomic E-state index is 15.8. The van der Waals surface area contributed by atoms with Gasteiger partial charge in [-0.15, -0.1) is 0 Å². The third-order valence-corrected chi connectivity index (χ3v) is 16.6. The minimum atomic E-state index is -2.07. The number of carbonyl (C=O) groups is 8. The van der Waals surface area contributed by atoms with Crippen molar-refractivity contribution in [2.45, 2.75) is 49.1 Å². The molecule has 456 valence electrons. The predicted octanol–water partition coefficient (Wildman–Crippen LogP) is 9.20. The second-order valence-corrected chi connectivity index (χ2v) is 23.1. The van der Waals surface area contributed by atoms with E-state index < -0.39 is 133 Å². The summed E-state index contributed by atoms with van der Waals surface area (Å²) >= 11 is 38.0. The lowest BCUT2D eigenvalue weighted by Crippen LogP contribution is -2.55. The molecule has 28 heteroatoms. The highest BCUT2D eigenvalue weighted by Gasteiger charge is 2.40. The standard InChI is InChI=1S/C61H45Cl6N7O15/c1-74-44(56(82)73-49(61(87)88)25-4-7-32(75)8-5-25)12-24-2-9-33(10-3-24)89-45-22-27-13-35(51(45)77)26-6-11-34-31(23-68-42(34)20-26)21-43(69-59(85)50(76)30-18-40(66)54(80)41(67)19-30)55(81)70-47(28-14-36(62)52(78)37(63)15-28)57(83)71-46(27)58(84)72-48(60(74)86)29-16-38(64)53(79)39(65)17-29/h2-11,13-20,22-23,43-44,46-49,68,75,77-80H,12,21H2,1H3,(H,69,85)(H,70,81)(H,71,83)(H,72,84)(H,73,82)(H,87,88)/t43-,44+,46-,47-,48-,49+/m1/s1. The van der Waals surface area contributed by atoms with Crippen LogP contribution in [0.5, 0.6) is 40.2 Å². The van der Waals surface area contributed by atoms with Gasteiger partial charge in [0.2, 0.25) is 35.3 Å². The summed E-state index contributed by atoms with van der Waals surface area (Å²) in [5.74, 6) is -12.7. The van der Waals surface area contributed by atoms with Gasteiger partial charge in [0.05, 0.1) is 30.1 Å². The smallest absolute Gasteiger partial charge is 0.330 e. The summed E-state index contributed by atoms with van der Waals surface area (Å²) in [4.78, 5) is 121. The molecule has 4 aliphatic rings. The number of aromatic amines is 1. The molecule has 0 aliphatic carbocycles. The van der Waals surface area contributed by atoms with E-state index in [2.05, 4.69) is 31.6 Å². The first-order valence-electron chi connectivity index (χ1n) is 26.4. The zero-order valence-corrected chi connectivity index (χ0v) is 50.0. The van der Waals surface area contributed by atoms with Gasteiger partial charge in [-0.2, -0.15) is 0 Å². The molecule has 0 saturated heterocycles. The fraction of sp³-hybridized carbons (Fsp3) is 0.148. The number of ketones is 1. The number of carbonyl (C=O) groups excluding carboxylic acids is 7. The zero-order valence-electron chi connectivity index (χ0n) is 45.5. The number of aliphatic carboxylic acids is 1. The summed E-state index contributed by atoms with van der Waals surface area (Å²) in [5, 5.41) is 75.0. The summed E-state index contributed by atoms with van der Waals surface area (Å²) in [6.45, 7) is 0. The number of nitrogens with zero attached hydrogens (tertiary/aromatic N) is 1. The first kappa shape index (κ1) is 62.6. The summed E-state index contributed by atoms with van der Waals surface area (Å²) in [7, 11) is 1.19. The molecule has 4 aliphatic heterocycles. The molecule has 22 nitrogen and oxygen atoms in total.